The number of hydrogen-bond acceptors (Lipinski definition) is 3. The molecule has 0 saturated heterocycles. The van der Waals surface area contributed by atoms with Crippen molar-refractivity contribution in [2.75, 3.05) is 13.2 Å². The van der Waals surface area contributed by atoms with Crippen LogP contribution in [0, 0.1) is 5.92 Å². The molecule has 0 spiro atoms. The Morgan fingerprint density at radius 3 is 2.58 bits per heavy atom. The Labute approximate surface area is 195 Å². The van der Waals surface area contributed by atoms with E-state index in [1.54, 1.807) is 4.90 Å². The van der Waals surface area contributed by atoms with Gasteiger partial charge in [0.15, 0.2) is 0 Å². The number of carbonyl (C=O) groups is 2. The van der Waals surface area contributed by atoms with Crippen LogP contribution in [0.15, 0.2) is 54.6 Å². The first kappa shape index (κ1) is 22.9. The molecule has 0 fully saturated rings. The second kappa shape index (κ2) is 9.30. The fourth-order valence-corrected chi connectivity index (χ4v) is 4.46. The molecule has 174 valence electrons. The van der Waals surface area contributed by atoms with Crippen LogP contribution in [0.2, 0.25) is 0 Å². The zero-order chi connectivity index (χ0) is 23.6. The number of hydrogen-bond donors (Lipinski definition) is 1. The van der Waals surface area contributed by atoms with Crippen LogP contribution in [0.3, 0.4) is 0 Å². The Balaban J connectivity index is 1.70. The van der Waals surface area contributed by atoms with Gasteiger partial charge in [-0.2, -0.15) is 0 Å². The highest BCUT2D eigenvalue weighted by atomic mass is 16.5. The van der Waals surface area contributed by atoms with E-state index < -0.39 is 5.54 Å². The lowest BCUT2D eigenvalue weighted by Crippen LogP contribution is -2.63. The molecule has 0 saturated carbocycles. The normalized spacial score (nSPS) is 18.0. The van der Waals surface area contributed by atoms with Gasteiger partial charge in [-0.15, -0.1) is 0 Å². The van der Waals surface area contributed by atoms with Gasteiger partial charge in [0.2, 0.25) is 5.91 Å². The van der Waals surface area contributed by atoms with Crippen LogP contribution >= 0.6 is 0 Å². The zero-order valence-corrected chi connectivity index (χ0v) is 19.9. The lowest BCUT2D eigenvalue weighted by atomic mass is 9.93. The second-order valence-electron chi connectivity index (χ2n) is 9.36. The highest BCUT2D eigenvalue weighted by Gasteiger charge is 2.47. The van der Waals surface area contributed by atoms with Gasteiger partial charge in [-0.1, -0.05) is 44.2 Å². The van der Waals surface area contributed by atoms with Gasteiger partial charge in [-0.05, 0) is 56.0 Å². The third-order valence-corrected chi connectivity index (χ3v) is 6.41. The van der Waals surface area contributed by atoms with Gasteiger partial charge in [-0.25, -0.2) is 0 Å². The minimum Gasteiger partial charge on any atom is -0.494 e. The Bertz CT molecular complexity index is 1150. The molecule has 2 heterocycles. The number of rotatable bonds is 8. The van der Waals surface area contributed by atoms with E-state index in [9.17, 15) is 9.59 Å². The molecule has 6 heteroatoms. The molecule has 0 aliphatic carbocycles. The number of nitrogens with zero attached hydrogens (tertiary/aromatic N) is 2. The number of nitrogens with one attached hydrogen (secondary N) is 1. The molecule has 1 aliphatic heterocycles. The summed E-state index contributed by atoms with van der Waals surface area (Å²) in [6.45, 7) is 10.0. The number of ether oxygens (including phenoxy) is 1. The molecule has 3 aromatic rings. The summed E-state index contributed by atoms with van der Waals surface area (Å²) in [5, 5.41) is 4.10. The summed E-state index contributed by atoms with van der Waals surface area (Å²) < 4.78 is 7.54. The molecule has 0 radical (unpaired) electrons. The number of para-hydroxylation sites is 1. The van der Waals surface area contributed by atoms with Crippen molar-refractivity contribution < 1.29 is 14.3 Å². The van der Waals surface area contributed by atoms with Gasteiger partial charge in [0.1, 0.15) is 17.0 Å². The first-order valence-corrected chi connectivity index (χ1v) is 11.7. The first-order valence-electron chi connectivity index (χ1n) is 11.7. The average molecular weight is 448 g/mol. The summed E-state index contributed by atoms with van der Waals surface area (Å²) >= 11 is 0. The van der Waals surface area contributed by atoms with Gasteiger partial charge in [0.05, 0.1) is 13.2 Å². The van der Waals surface area contributed by atoms with E-state index in [0.29, 0.717) is 37.9 Å². The molecule has 2 amide bonds. The van der Waals surface area contributed by atoms with Crippen LogP contribution in [0.5, 0.6) is 5.75 Å². The summed E-state index contributed by atoms with van der Waals surface area (Å²) in [4.78, 5) is 29.0. The van der Waals surface area contributed by atoms with Gasteiger partial charge < -0.3 is 19.5 Å². The standard InChI is InChI=1S/C27H33N3O3/c1-5-33-22-12-10-20(11-13-22)17-30-25(31)24-16-21-8-6-7-9-23(21)29(24)18-27(30,4)26(32)28-15-14-19(2)3/h6-13,16,19H,5,14-15,17-18H2,1-4H3,(H,28,32)/t27-/m1/s1. The van der Waals surface area contributed by atoms with E-state index in [2.05, 4.69) is 19.2 Å². The topological polar surface area (TPSA) is 63.6 Å². The van der Waals surface area contributed by atoms with E-state index in [4.69, 9.17) is 4.74 Å². The molecule has 1 aliphatic rings. The molecule has 0 bridgehead atoms. The highest BCUT2D eigenvalue weighted by molar-refractivity contribution is 6.03. The number of aromatic nitrogens is 1. The smallest absolute Gasteiger partial charge is 0.271 e. The van der Waals surface area contributed by atoms with Crippen molar-refractivity contribution in [3.63, 3.8) is 0 Å². The monoisotopic (exact) mass is 447 g/mol. The summed E-state index contributed by atoms with van der Waals surface area (Å²) in [6.07, 6.45) is 0.895. The van der Waals surface area contributed by atoms with Crippen molar-refractivity contribution in [1.29, 1.82) is 0 Å². The molecular weight excluding hydrogens is 414 g/mol. The van der Waals surface area contributed by atoms with E-state index in [1.165, 1.54) is 0 Å². The fourth-order valence-electron chi connectivity index (χ4n) is 4.46. The molecule has 1 atom stereocenters. The SMILES string of the molecule is CCOc1ccc(CN2C(=O)c3cc4ccccc4n3C[C@]2(C)C(=O)NCCC(C)C)cc1. The molecule has 1 aromatic heterocycles. The summed E-state index contributed by atoms with van der Waals surface area (Å²) in [5.74, 6) is 1.03. The van der Waals surface area contributed by atoms with Gasteiger partial charge in [0.25, 0.3) is 5.91 Å². The predicted octanol–water partition coefficient (Wildman–Crippen LogP) is 4.62. The predicted molar refractivity (Wildman–Crippen MR) is 130 cm³/mol. The minimum atomic E-state index is -1.01. The first-order chi connectivity index (χ1) is 15.8. The molecule has 1 N–H and O–H groups in total. The highest BCUT2D eigenvalue weighted by Crippen LogP contribution is 2.33. The van der Waals surface area contributed by atoms with Crippen LogP contribution in [0.25, 0.3) is 10.9 Å². The second-order valence-corrected chi connectivity index (χ2v) is 9.36. The van der Waals surface area contributed by atoms with Crippen LogP contribution in [0.4, 0.5) is 0 Å². The van der Waals surface area contributed by atoms with Crippen molar-refractivity contribution in [3.8, 4) is 5.75 Å². The van der Waals surface area contributed by atoms with E-state index in [-0.39, 0.29) is 11.8 Å². The largest absolute Gasteiger partial charge is 0.494 e. The average Bonchev–Trinajstić information content (AvgIpc) is 3.16. The number of benzene rings is 2. The van der Waals surface area contributed by atoms with Crippen LogP contribution < -0.4 is 10.1 Å². The van der Waals surface area contributed by atoms with Crippen molar-refractivity contribution in [3.05, 3.63) is 65.9 Å². The molecular formula is C27H33N3O3. The van der Waals surface area contributed by atoms with Gasteiger partial charge >= 0.3 is 0 Å². The Morgan fingerprint density at radius 2 is 1.88 bits per heavy atom. The maximum absolute atomic E-state index is 13.8. The van der Waals surface area contributed by atoms with Crippen LogP contribution in [0.1, 0.15) is 50.2 Å². The van der Waals surface area contributed by atoms with Gasteiger partial charge in [0, 0.05) is 24.0 Å². The van der Waals surface area contributed by atoms with Gasteiger partial charge in [-0.3, -0.25) is 9.59 Å². The van der Waals surface area contributed by atoms with Crippen molar-refractivity contribution in [2.24, 2.45) is 5.92 Å². The van der Waals surface area contributed by atoms with E-state index in [0.717, 1.165) is 28.6 Å². The summed E-state index contributed by atoms with van der Waals surface area (Å²) in [7, 11) is 0. The molecule has 2 aromatic carbocycles. The molecule has 0 unspecified atom stereocenters. The number of amides is 2. The maximum atomic E-state index is 13.8. The Hall–Kier alpha value is -3.28. The maximum Gasteiger partial charge on any atom is 0.271 e. The van der Waals surface area contributed by atoms with Crippen molar-refractivity contribution >= 4 is 22.7 Å². The Morgan fingerprint density at radius 1 is 1.15 bits per heavy atom. The van der Waals surface area contributed by atoms with Crippen molar-refractivity contribution in [2.45, 2.75) is 52.7 Å². The zero-order valence-electron chi connectivity index (χ0n) is 19.9. The quantitative estimate of drug-likeness (QED) is 0.548. The third kappa shape index (κ3) is 4.47. The van der Waals surface area contributed by atoms with Crippen LogP contribution in [-0.2, 0) is 17.9 Å². The Kier molecular flexibility index (Phi) is 6.45. The summed E-state index contributed by atoms with van der Waals surface area (Å²) in [6, 6.07) is 17.6. The minimum absolute atomic E-state index is 0.120. The molecule has 33 heavy (non-hydrogen) atoms. The third-order valence-electron chi connectivity index (χ3n) is 6.41. The van der Waals surface area contributed by atoms with E-state index >= 15 is 0 Å². The molecule has 4 rings (SSSR count). The van der Waals surface area contributed by atoms with Crippen molar-refractivity contribution in [1.82, 2.24) is 14.8 Å². The number of fused-ring (bicyclic) bond motifs is 3. The summed E-state index contributed by atoms with van der Waals surface area (Å²) in [5.41, 5.74) is 1.54. The van der Waals surface area contributed by atoms with E-state index in [1.807, 2.05) is 73.0 Å². The number of carbonyl (C=O) groups excluding carboxylic acids is 2. The fraction of sp³-hybridized carbons (Fsp3) is 0.407. The lowest BCUT2D eigenvalue weighted by Gasteiger charge is -2.44. The molecule has 6 nitrogen and oxygen atoms in total. The van der Waals surface area contributed by atoms with Crippen LogP contribution in [-0.4, -0.2) is 40.0 Å². The lowest BCUT2D eigenvalue weighted by molar-refractivity contribution is -0.133.